The van der Waals surface area contributed by atoms with E-state index in [0.29, 0.717) is 9.86 Å². The van der Waals surface area contributed by atoms with Crippen molar-refractivity contribution in [1.82, 2.24) is 0 Å². The van der Waals surface area contributed by atoms with Crippen LogP contribution >= 0.6 is 15.9 Å². The van der Waals surface area contributed by atoms with Crippen molar-refractivity contribution >= 4 is 48.4 Å². The van der Waals surface area contributed by atoms with Gasteiger partial charge in [0.2, 0.25) is 0 Å². The van der Waals surface area contributed by atoms with E-state index in [1.54, 1.807) is 19.1 Å². The average molecular weight is 559 g/mol. The van der Waals surface area contributed by atoms with Crippen molar-refractivity contribution in [3.05, 3.63) is 62.6 Å². The topological polar surface area (TPSA) is 96.0 Å². The number of fused-ring (bicyclic) bond motifs is 4. The van der Waals surface area contributed by atoms with Crippen LogP contribution in [0.15, 0.2) is 34.8 Å². The van der Waals surface area contributed by atoms with Crippen molar-refractivity contribution in [2.75, 3.05) is 14.2 Å². The first-order valence-electron chi connectivity index (χ1n) is 9.45. The largest absolute Gasteiger partial charge is 0.534 e. The molecule has 0 radical (unpaired) electrons. The molecule has 0 spiro atoms. The number of ether oxygens (including phenoxy) is 2. The van der Waals surface area contributed by atoms with E-state index in [1.165, 1.54) is 20.3 Å². The van der Waals surface area contributed by atoms with Crippen LogP contribution < -0.4 is 13.7 Å². The van der Waals surface area contributed by atoms with Gasteiger partial charge in [0.25, 0.3) is 0 Å². The van der Waals surface area contributed by atoms with Crippen LogP contribution in [0, 0.1) is 6.92 Å². The molecule has 34 heavy (non-hydrogen) atoms. The molecule has 1 aliphatic rings. The molecule has 0 aromatic heterocycles. The zero-order chi connectivity index (χ0) is 25.2. The van der Waals surface area contributed by atoms with Gasteiger partial charge >= 0.3 is 15.6 Å². The Morgan fingerprint density at radius 1 is 0.853 bits per heavy atom. The van der Waals surface area contributed by atoms with Crippen molar-refractivity contribution in [1.29, 1.82) is 0 Å². The van der Waals surface area contributed by atoms with Gasteiger partial charge in [0.15, 0.2) is 17.3 Å². The number of ketones is 2. The molecule has 0 bridgehead atoms. The first-order valence-corrected chi connectivity index (χ1v) is 11.6. The first kappa shape index (κ1) is 24.0. The molecule has 7 nitrogen and oxygen atoms in total. The number of alkyl halides is 3. The van der Waals surface area contributed by atoms with Gasteiger partial charge in [-0.15, -0.1) is 0 Å². The van der Waals surface area contributed by atoms with Crippen molar-refractivity contribution in [2.24, 2.45) is 0 Å². The first-order chi connectivity index (χ1) is 15.8. The Bertz CT molecular complexity index is 1510. The normalized spacial score (nSPS) is 13.5. The monoisotopic (exact) mass is 558 g/mol. The third-order valence-electron chi connectivity index (χ3n) is 5.36. The number of rotatable bonds is 4. The summed E-state index contributed by atoms with van der Waals surface area (Å²) in [5, 5.41) is 0.738. The maximum absolute atomic E-state index is 13.7. The molecule has 0 saturated heterocycles. The molecule has 0 saturated carbocycles. The number of halogens is 4. The highest BCUT2D eigenvalue weighted by Gasteiger charge is 2.49. The third-order valence-corrected chi connectivity index (χ3v) is 7.38. The SMILES string of the molecule is COc1ccc(OS(=O)(=O)C(F)(F)F)c2c1C(=O)c1ccc3c(Br)c(C)cc(OC)c3c1C2=O. The number of carbonyl (C=O) groups excluding carboxylic acids is 2. The van der Waals surface area contributed by atoms with E-state index >= 15 is 0 Å². The predicted molar refractivity (Wildman–Crippen MR) is 118 cm³/mol. The summed E-state index contributed by atoms with van der Waals surface area (Å²) >= 11 is 3.44. The van der Waals surface area contributed by atoms with E-state index in [-0.39, 0.29) is 28.0 Å². The van der Waals surface area contributed by atoms with Gasteiger partial charge in [-0.25, -0.2) is 0 Å². The summed E-state index contributed by atoms with van der Waals surface area (Å²) < 4.78 is 77.8. The van der Waals surface area contributed by atoms with E-state index in [0.717, 1.165) is 17.7 Å². The number of hydrogen-bond donors (Lipinski definition) is 0. The molecule has 4 rings (SSSR count). The highest BCUT2D eigenvalue weighted by molar-refractivity contribution is 9.10. The Kier molecular flexibility index (Phi) is 5.64. The lowest BCUT2D eigenvalue weighted by Gasteiger charge is -2.24. The number of hydrogen-bond acceptors (Lipinski definition) is 7. The highest BCUT2D eigenvalue weighted by atomic mass is 79.9. The summed E-state index contributed by atoms with van der Waals surface area (Å²) in [6.07, 6.45) is 0. The van der Waals surface area contributed by atoms with E-state index in [1.807, 2.05) is 0 Å². The second kappa shape index (κ2) is 7.98. The number of aryl methyl sites for hydroxylation is 1. The summed E-state index contributed by atoms with van der Waals surface area (Å²) in [7, 11) is -3.57. The quantitative estimate of drug-likeness (QED) is 0.259. The summed E-state index contributed by atoms with van der Waals surface area (Å²) in [6, 6.07) is 6.52. The maximum atomic E-state index is 13.7. The molecule has 3 aromatic rings. The fourth-order valence-electron chi connectivity index (χ4n) is 3.85. The van der Waals surface area contributed by atoms with Crippen LogP contribution in [-0.2, 0) is 10.1 Å². The summed E-state index contributed by atoms with van der Waals surface area (Å²) in [6.45, 7) is 1.78. The van der Waals surface area contributed by atoms with Crippen LogP contribution in [0.4, 0.5) is 13.2 Å². The van der Waals surface area contributed by atoms with Crippen LogP contribution in [0.5, 0.6) is 17.2 Å². The molecule has 0 atom stereocenters. The highest BCUT2D eigenvalue weighted by Crippen LogP contribution is 2.45. The Hall–Kier alpha value is -3.12. The van der Waals surface area contributed by atoms with Crippen molar-refractivity contribution < 1.29 is 44.8 Å². The molecule has 3 aromatic carbocycles. The second-order valence-electron chi connectivity index (χ2n) is 7.28. The van der Waals surface area contributed by atoms with E-state index < -0.39 is 44.1 Å². The Morgan fingerprint density at radius 2 is 1.44 bits per heavy atom. The van der Waals surface area contributed by atoms with Gasteiger partial charge in [0.05, 0.1) is 25.3 Å². The maximum Gasteiger partial charge on any atom is 0.534 e. The smallest absolute Gasteiger partial charge is 0.496 e. The van der Waals surface area contributed by atoms with E-state index in [4.69, 9.17) is 9.47 Å². The Morgan fingerprint density at radius 3 is 2.03 bits per heavy atom. The summed E-state index contributed by atoms with van der Waals surface area (Å²) in [4.78, 5) is 27.2. The molecule has 0 heterocycles. The number of benzene rings is 3. The molecular weight excluding hydrogens is 545 g/mol. The fourth-order valence-corrected chi connectivity index (χ4v) is 4.77. The molecule has 0 fully saturated rings. The Labute approximate surface area is 199 Å². The van der Waals surface area contributed by atoms with Crippen molar-refractivity contribution in [3.8, 4) is 17.2 Å². The molecule has 178 valence electrons. The van der Waals surface area contributed by atoms with Gasteiger partial charge in [-0.3, -0.25) is 9.59 Å². The summed E-state index contributed by atoms with van der Waals surface area (Å²) in [5.41, 5.74) is -6.25. The second-order valence-corrected chi connectivity index (χ2v) is 9.61. The van der Waals surface area contributed by atoms with Crippen LogP contribution in [0.2, 0.25) is 0 Å². The molecule has 0 unspecified atom stereocenters. The van der Waals surface area contributed by atoms with Crippen LogP contribution in [0.3, 0.4) is 0 Å². The fraction of sp³-hybridized carbons (Fsp3) is 0.182. The Balaban J connectivity index is 2.09. The number of carbonyl (C=O) groups is 2. The minimum absolute atomic E-state index is 0.0480. The summed E-state index contributed by atoms with van der Waals surface area (Å²) in [5.74, 6) is -2.51. The standard InChI is InChI=1S/C22H14BrF3O7S/c1-9-8-14(32-3)15-10(19(9)23)4-5-11-16(15)21(28)18-13(33-34(29,30)22(24,25)26)7-6-12(31-2)17(18)20(11)27/h4-8H,1-3H3. The van der Waals surface area contributed by atoms with Gasteiger partial charge in [0.1, 0.15) is 11.5 Å². The van der Waals surface area contributed by atoms with Gasteiger partial charge < -0.3 is 13.7 Å². The van der Waals surface area contributed by atoms with Gasteiger partial charge in [-0.2, -0.15) is 21.6 Å². The zero-order valence-corrected chi connectivity index (χ0v) is 20.1. The van der Waals surface area contributed by atoms with Crippen molar-refractivity contribution in [3.63, 3.8) is 0 Å². The van der Waals surface area contributed by atoms with Gasteiger partial charge in [-0.05, 0) is 52.7 Å². The van der Waals surface area contributed by atoms with Gasteiger partial charge in [-0.1, -0.05) is 6.07 Å². The number of methoxy groups -OCH3 is 2. The molecule has 1 aliphatic carbocycles. The third kappa shape index (κ3) is 3.43. The lowest BCUT2D eigenvalue weighted by atomic mass is 9.80. The van der Waals surface area contributed by atoms with Crippen LogP contribution in [0.25, 0.3) is 10.8 Å². The van der Waals surface area contributed by atoms with Crippen LogP contribution in [0.1, 0.15) is 37.4 Å². The zero-order valence-electron chi connectivity index (χ0n) is 17.7. The minimum atomic E-state index is -6.13. The molecule has 12 heteroatoms. The minimum Gasteiger partial charge on any atom is -0.496 e. The molecular formula is C22H14BrF3O7S. The lowest BCUT2D eigenvalue weighted by Crippen LogP contribution is -2.30. The van der Waals surface area contributed by atoms with Crippen LogP contribution in [-0.4, -0.2) is 39.7 Å². The van der Waals surface area contributed by atoms with Gasteiger partial charge in [0, 0.05) is 26.4 Å². The van der Waals surface area contributed by atoms with Crippen molar-refractivity contribution in [2.45, 2.75) is 12.4 Å². The lowest BCUT2D eigenvalue weighted by molar-refractivity contribution is -0.0500. The molecule has 0 N–H and O–H groups in total. The van der Waals surface area contributed by atoms with E-state index in [2.05, 4.69) is 20.1 Å². The molecule has 0 amide bonds. The molecule has 0 aliphatic heterocycles. The predicted octanol–water partition coefficient (Wildman–Crippen LogP) is 4.93. The average Bonchev–Trinajstić information content (AvgIpc) is 2.77. The van der Waals surface area contributed by atoms with E-state index in [9.17, 15) is 31.2 Å².